The Morgan fingerprint density at radius 3 is 2.54 bits per heavy atom. The first-order valence-corrected chi connectivity index (χ1v) is 5.34. The maximum absolute atomic E-state index is 10.6. The van der Waals surface area contributed by atoms with Gasteiger partial charge in [0, 0.05) is 12.7 Å². The van der Waals surface area contributed by atoms with E-state index < -0.39 is 10.1 Å². The fourth-order valence-corrected chi connectivity index (χ4v) is 1.73. The van der Waals surface area contributed by atoms with Gasteiger partial charge in [0.05, 0.1) is 0 Å². The summed E-state index contributed by atoms with van der Waals surface area (Å²) in [6.07, 6.45) is 0. The Hall–Kier alpha value is -1.07. The standard InChI is InChI=1S/C8H11NO3S/c1-9-8-5-3-2-4-7(8)6-13(10,11)12/h2-5,9H,6H2,1H3,(H,10,11,12). The van der Waals surface area contributed by atoms with Gasteiger partial charge in [-0.3, -0.25) is 4.55 Å². The summed E-state index contributed by atoms with van der Waals surface area (Å²) >= 11 is 0. The Kier molecular flexibility index (Phi) is 2.90. The van der Waals surface area contributed by atoms with Gasteiger partial charge >= 0.3 is 0 Å². The van der Waals surface area contributed by atoms with E-state index in [1.165, 1.54) is 0 Å². The molecule has 0 aliphatic rings. The van der Waals surface area contributed by atoms with Crippen LogP contribution < -0.4 is 5.32 Å². The van der Waals surface area contributed by atoms with Crippen molar-refractivity contribution in [3.63, 3.8) is 0 Å². The van der Waals surface area contributed by atoms with Gasteiger partial charge in [-0.15, -0.1) is 0 Å². The number of benzene rings is 1. The number of hydrogen-bond donors (Lipinski definition) is 2. The van der Waals surface area contributed by atoms with Gasteiger partial charge in [0.1, 0.15) is 5.75 Å². The highest BCUT2D eigenvalue weighted by atomic mass is 32.2. The minimum absolute atomic E-state index is 0.357. The highest BCUT2D eigenvalue weighted by Crippen LogP contribution is 2.16. The molecule has 0 atom stereocenters. The van der Waals surface area contributed by atoms with Crippen LogP contribution in [0.25, 0.3) is 0 Å². The van der Waals surface area contributed by atoms with Gasteiger partial charge in [0.15, 0.2) is 0 Å². The molecule has 1 aromatic rings. The highest BCUT2D eigenvalue weighted by Gasteiger charge is 2.09. The first-order chi connectivity index (χ1) is 6.03. The second-order valence-electron chi connectivity index (χ2n) is 2.63. The fourth-order valence-electron chi connectivity index (χ4n) is 1.09. The number of nitrogens with one attached hydrogen (secondary N) is 1. The average molecular weight is 201 g/mol. The first-order valence-electron chi connectivity index (χ1n) is 3.74. The smallest absolute Gasteiger partial charge is 0.269 e. The minimum atomic E-state index is -3.95. The summed E-state index contributed by atoms with van der Waals surface area (Å²) in [6.45, 7) is 0. The third-order valence-electron chi connectivity index (χ3n) is 1.62. The monoisotopic (exact) mass is 201 g/mol. The van der Waals surface area contributed by atoms with Crippen LogP contribution in [-0.4, -0.2) is 20.0 Å². The van der Waals surface area contributed by atoms with E-state index in [1.807, 2.05) is 0 Å². The summed E-state index contributed by atoms with van der Waals surface area (Å²) in [5.74, 6) is -0.357. The molecule has 0 saturated carbocycles. The van der Waals surface area contributed by atoms with Gasteiger partial charge in [-0.25, -0.2) is 0 Å². The summed E-state index contributed by atoms with van der Waals surface area (Å²) in [5, 5.41) is 2.84. The zero-order chi connectivity index (χ0) is 9.90. The van der Waals surface area contributed by atoms with Crippen LogP contribution in [0.5, 0.6) is 0 Å². The van der Waals surface area contributed by atoms with E-state index in [-0.39, 0.29) is 5.75 Å². The highest BCUT2D eigenvalue weighted by molar-refractivity contribution is 7.85. The molecule has 0 fully saturated rings. The molecular weight excluding hydrogens is 190 g/mol. The molecule has 0 radical (unpaired) electrons. The molecule has 0 unspecified atom stereocenters. The van der Waals surface area contributed by atoms with Crippen LogP contribution in [0.1, 0.15) is 5.56 Å². The maximum Gasteiger partial charge on any atom is 0.269 e. The van der Waals surface area contributed by atoms with Crippen molar-refractivity contribution in [3.8, 4) is 0 Å². The Labute approximate surface area is 77.3 Å². The molecule has 5 heteroatoms. The lowest BCUT2D eigenvalue weighted by Crippen LogP contribution is -2.04. The summed E-state index contributed by atoms with van der Waals surface area (Å²) in [5.41, 5.74) is 1.27. The van der Waals surface area contributed by atoms with E-state index in [4.69, 9.17) is 4.55 Å². The first kappa shape index (κ1) is 10.0. The second kappa shape index (κ2) is 3.76. The molecular formula is C8H11NO3S. The Bertz CT molecular complexity index is 386. The van der Waals surface area contributed by atoms with Crippen molar-refractivity contribution in [3.05, 3.63) is 29.8 Å². The normalized spacial score (nSPS) is 11.2. The second-order valence-corrected chi connectivity index (χ2v) is 4.09. The number of anilines is 1. The molecule has 0 heterocycles. The van der Waals surface area contributed by atoms with Crippen LogP contribution in [0.2, 0.25) is 0 Å². The van der Waals surface area contributed by atoms with E-state index in [1.54, 1.807) is 31.3 Å². The van der Waals surface area contributed by atoms with E-state index >= 15 is 0 Å². The van der Waals surface area contributed by atoms with E-state index in [0.29, 0.717) is 11.3 Å². The SMILES string of the molecule is CNc1ccccc1CS(=O)(=O)O. The predicted molar refractivity (Wildman–Crippen MR) is 51.2 cm³/mol. The molecule has 2 N–H and O–H groups in total. The van der Waals surface area contributed by atoms with Crippen molar-refractivity contribution in [2.75, 3.05) is 12.4 Å². The lowest BCUT2D eigenvalue weighted by atomic mass is 10.2. The topological polar surface area (TPSA) is 66.4 Å². The molecule has 1 rings (SSSR count). The maximum atomic E-state index is 10.6. The van der Waals surface area contributed by atoms with Gasteiger partial charge in [-0.05, 0) is 11.6 Å². The molecule has 0 bridgehead atoms. The number of hydrogen-bond acceptors (Lipinski definition) is 3. The van der Waals surface area contributed by atoms with E-state index in [9.17, 15) is 8.42 Å². The third kappa shape index (κ3) is 3.04. The predicted octanol–water partition coefficient (Wildman–Crippen LogP) is 1.12. The zero-order valence-electron chi connectivity index (χ0n) is 7.19. The van der Waals surface area contributed by atoms with Crippen LogP contribution >= 0.6 is 0 Å². The summed E-state index contributed by atoms with van der Waals surface area (Å²) in [6, 6.07) is 6.92. The van der Waals surface area contributed by atoms with Crippen molar-refractivity contribution < 1.29 is 13.0 Å². The molecule has 0 spiro atoms. The fraction of sp³-hybridized carbons (Fsp3) is 0.250. The van der Waals surface area contributed by atoms with Crippen molar-refractivity contribution in [2.24, 2.45) is 0 Å². The average Bonchev–Trinajstić information content (AvgIpc) is 2.02. The van der Waals surface area contributed by atoms with Gasteiger partial charge in [0.25, 0.3) is 10.1 Å². The lowest BCUT2D eigenvalue weighted by molar-refractivity contribution is 0.482. The lowest BCUT2D eigenvalue weighted by Gasteiger charge is -2.06. The van der Waals surface area contributed by atoms with Gasteiger partial charge in [-0.1, -0.05) is 18.2 Å². The van der Waals surface area contributed by atoms with Crippen LogP contribution in [0.3, 0.4) is 0 Å². The van der Waals surface area contributed by atoms with Gasteiger partial charge in [0.2, 0.25) is 0 Å². The quantitative estimate of drug-likeness (QED) is 0.719. The molecule has 0 aliphatic heterocycles. The molecule has 0 saturated heterocycles. The number of para-hydroxylation sites is 1. The summed E-state index contributed by atoms with van der Waals surface area (Å²) in [7, 11) is -2.25. The number of rotatable bonds is 3. The van der Waals surface area contributed by atoms with Crippen molar-refractivity contribution in [2.45, 2.75) is 5.75 Å². The molecule has 1 aromatic carbocycles. The molecule has 4 nitrogen and oxygen atoms in total. The summed E-state index contributed by atoms with van der Waals surface area (Å²) < 4.78 is 29.8. The van der Waals surface area contributed by atoms with Crippen LogP contribution in [0.4, 0.5) is 5.69 Å². The molecule has 0 aromatic heterocycles. The van der Waals surface area contributed by atoms with Crippen molar-refractivity contribution >= 4 is 15.8 Å². The zero-order valence-corrected chi connectivity index (χ0v) is 8.00. The Balaban J connectivity index is 3.01. The molecule has 0 amide bonds. The molecule has 13 heavy (non-hydrogen) atoms. The Morgan fingerprint density at radius 2 is 2.00 bits per heavy atom. The van der Waals surface area contributed by atoms with Crippen LogP contribution in [-0.2, 0) is 15.9 Å². The third-order valence-corrected chi connectivity index (χ3v) is 2.30. The largest absolute Gasteiger partial charge is 0.388 e. The van der Waals surface area contributed by atoms with Crippen LogP contribution in [0, 0.1) is 0 Å². The van der Waals surface area contributed by atoms with Crippen LogP contribution in [0.15, 0.2) is 24.3 Å². The molecule has 0 aliphatic carbocycles. The van der Waals surface area contributed by atoms with Gasteiger partial charge in [-0.2, -0.15) is 8.42 Å². The van der Waals surface area contributed by atoms with Crippen molar-refractivity contribution in [1.82, 2.24) is 0 Å². The van der Waals surface area contributed by atoms with E-state index in [0.717, 1.165) is 0 Å². The minimum Gasteiger partial charge on any atom is -0.388 e. The van der Waals surface area contributed by atoms with Crippen molar-refractivity contribution in [1.29, 1.82) is 0 Å². The molecule has 72 valence electrons. The Morgan fingerprint density at radius 1 is 1.38 bits per heavy atom. The van der Waals surface area contributed by atoms with Gasteiger partial charge < -0.3 is 5.32 Å². The summed E-state index contributed by atoms with van der Waals surface area (Å²) in [4.78, 5) is 0. The van der Waals surface area contributed by atoms with E-state index in [2.05, 4.69) is 5.32 Å².